The highest BCUT2D eigenvalue weighted by atomic mass is 32.2. The molecule has 0 saturated heterocycles. The van der Waals surface area contributed by atoms with Crippen molar-refractivity contribution < 1.29 is 13.2 Å². The lowest BCUT2D eigenvalue weighted by Crippen LogP contribution is -2.14. The normalized spacial score (nSPS) is 10.8. The van der Waals surface area contributed by atoms with Crippen LogP contribution in [0.1, 0.15) is 5.56 Å². The zero-order valence-electron chi connectivity index (χ0n) is 10.3. The van der Waals surface area contributed by atoms with Gasteiger partial charge in [-0.3, -0.25) is 0 Å². The van der Waals surface area contributed by atoms with Crippen LogP contribution in [0.5, 0.6) is 11.5 Å². The summed E-state index contributed by atoms with van der Waals surface area (Å²) in [5, 5.41) is 14.0. The Morgan fingerprint density at radius 3 is 2.45 bits per heavy atom. The van der Waals surface area contributed by atoms with Crippen molar-refractivity contribution >= 4 is 15.7 Å². The van der Waals surface area contributed by atoms with Gasteiger partial charge in [0.2, 0.25) is 10.0 Å². The van der Waals surface area contributed by atoms with E-state index in [9.17, 15) is 8.42 Å². The number of nitrogens with two attached hydrogens (primary N) is 2. The average Bonchev–Trinajstić information content (AvgIpc) is 2.38. The molecule has 0 saturated carbocycles. The fraction of sp³-hybridized carbons (Fsp3) is 0. The molecular formula is C13H11N3O3S. The van der Waals surface area contributed by atoms with Crippen molar-refractivity contribution in [2.75, 3.05) is 5.73 Å². The summed E-state index contributed by atoms with van der Waals surface area (Å²) in [6, 6.07) is 12.7. The molecule has 0 aliphatic rings. The van der Waals surface area contributed by atoms with Crippen LogP contribution in [0.25, 0.3) is 0 Å². The third-order valence-electron chi connectivity index (χ3n) is 2.52. The molecule has 2 aromatic carbocycles. The Bertz CT molecular complexity index is 795. The summed E-state index contributed by atoms with van der Waals surface area (Å²) in [6.07, 6.45) is 0. The fourth-order valence-corrected chi connectivity index (χ4v) is 2.27. The molecule has 20 heavy (non-hydrogen) atoms. The highest BCUT2D eigenvalue weighted by Gasteiger charge is 2.13. The molecule has 0 heterocycles. The number of hydrogen-bond donors (Lipinski definition) is 2. The van der Waals surface area contributed by atoms with Crippen molar-refractivity contribution in [3.05, 3.63) is 48.0 Å². The van der Waals surface area contributed by atoms with E-state index in [1.165, 1.54) is 18.2 Å². The molecule has 0 aliphatic heterocycles. The minimum Gasteiger partial charge on any atom is -0.456 e. The topological polar surface area (TPSA) is 119 Å². The molecule has 0 aliphatic carbocycles. The van der Waals surface area contributed by atoms with Crippen LogP contribution in [0, 0.1) is 11.3 Å². The maximum absolute atomic E-state index is 11.2. The van der Waals surface area contributed by atoms with Crippen LogP contribution < -0.4 is 15.6 Å². The molecule has 0 bridgehead atoms. The van der Waals surface area contributed by atoms with Crippen molar-refractivity contribution in [1.29, 1.82) is 5.26 Å². The summed E-state index contributed by atoms with van der Waals surface area (Å²) in [5.74, 6) is 0.676. The molecule has 0 amide bonds. The summed E-state index contributed by atoms with van der Waals surface area (Å²) in [4.78, 5) is -0.168. The second kappa shape index (κ2) is 5.21. The second-order valence-electron chi connectivity index (χ2n) is 3.95. The van der Waals surface area contributed by atoms with E-state index >= 15 is 0 Å². The summed E-state index contributed by atoms with van der Waals surface area (Å²) in [6.45, 7) is 0. The maximum Gasteiger partial charge on any atom is 0.240 e. The largest absolute Gasteiger partial charge is 0.456 e. The van der Waals surface area contributed by atoms with Gasteiger partial charge in [0.05, 0.1) is 11.3 Å². The molecule has 0 aromatic heterocycles. The standard InChI is InChI=1S/C13H11N3O3S/c14-8-9-3-1-2-4-12(9)19-10-5-6-13(11(15)7-10)20(16,17)18/h1-7H,15H2,(H2,16,17,18). The number of benzene rings is 2. The molecule has 6 nitrogen and oxygen atoms in total. The summed E-state index contributed by atoms with van der Waals surface area (Å²) >= 11 is 0. The van der Waals surface area contributed by atoms with Gasteiger partial charge in [-0.2, -0.15) is 5.26 Å². The molecule has 0 radical (unpaired) electrons. The smallest absolute Gasteiger partial charge is 0.240 e. The quantitative estimate of drug-likeness (QED) is 0.831. The van der Waals surface area contributed by atoms with Crippen LogP contribution in [0.2, 0.25) is 0 Å². The Morgan fingerprint density at radius 2 is 1.85 bits per heavy atom. The van der Waals surface area contributed by atoms with Gasteiger partial charge >= 0.3 is 0 Å². The van der Waals surface area contributed by atoms with Gasteiger partial charge in [0.25, 0.3) is 0 Å². The van der Waals surface area contributed by atoms with Crippen LogP contribution in [-0.4, -0.2) is 8.42 Å². The number of sulfonamides is 1. The van der Waals surface area contributed by atoms with Gasteiger partial charge in [-0.25, -0.2) is 13.6 Å². The summed E-state index contributed by atoms with van der Waals surface area (Å²) < 4.78 is 28.0. The first kappa shape index (κ1) is 13.9. The molecule has 0 atom stereocenters. The first-order valence-corrected chi connectivity index (χ1v) is 7.06. The van der Waals surface area contributed by atoms with Gasteiger partial charge in [0.15, 0.2) is 0 Å². The van der Waals surface area contributed by atoms with Crippen LogP contribution in [0.15, 0.2) is 47.4 Å². The molecule has 4 N–H and O–H groups in total. The molecular weight excluding hydrogens is 278 g/mol. The SMILES string of the molecule is N#Cc1ccccc1Oc1ccc(S(N)(=O)=O)c(N)c1. The number of primary sulfonamides is 1. The van der Waals surface area contributed by atoms with Crippen molar-refractivity contribution in [3.8, 4) is 17.6 Å². The van der Waals surface area contributed by atoms with E-state index in [2.05, 4.69) is 0 Å². The van der Waals surface area contributed by atoms with Gasteiger partial charge in [0, 0.05) is 6.07 Å². The Morgan fingerprint density at radius 1 is 1.15 bits per heavy atom. The van der Waals surface area contributed by atoms with E-state index in [0.29, 0.717) is 17.1 Å². The lowest BCUT2D eigenvalue weighted by Gasteiger charge is -2.09. The average molecular weight is 289 g/mol. The monoisotopic (exact) mass is 289 g/mol. The lowest BCUT2D eigenvalue weighted by atomic mass is 10.2. The molecule has 0 fully saturated rings. The highest BCUT2D eigenvalue weighted by Crippen LogP contribution is 2.28. The number of nitriles is 1. The number of para-hydroxylation sites is 1. The maximum atomic E-state index is 11.2. The number of nitrogen functional groups attached to an aromatic ring is 1. The van der Waals surface area contributed by atoms with E-state index in [0.717, 1.165) is 0 Å². The predicted molar refractivity (Wildman–Crippen MR) is 73.5 cm³/mol. The number of rotatable bonds is 3. The molecule has 0 spiro atoms. The predicted octanol–water partition coefficient (Wildman–Crippen LogP) is 1.58. The van der Waals surface area contributed by atoms with Gasteiger partial charge in [-0.15, -0.1) is 0 Å². The molecule has 7 heteroatoms. The minimum atomic E-state index is -3.87. The van der Waals surface area contributed by atoms with Crippen molar-refractivity contribution in [3.63, 3.8) is 0 Å². The number of nitrogens with zero attached hydrogens (tertiary/aromatic N) is 1. The van der Waals surface area contributed by atoms with Crippen molar-refractivity contribution in [2.45, 2.75) is 4.90 Å². The van der Waals surface area contributed by atoms with Crippen LogP contribution in [0.3, 0.4) is 0 Å². The Kier molecular flexibility index (Phi) is 3.61. The number of hydrogen-bond acceptors (Lipinski definition) is 5. The van der Waals surface area contributed by atoms with E-state index < -0.39 is 10.0 Å². The van der Waals surface area contributed by atoms with Crippen molar-refractivity contribution in [1.82, 2.24) is 0 Å². The highest BCUT2D eigenvalue weighted by molar-refractivity contribution is 7.89. The zero-order valence-corrected chi connectivity index (χ0v) is 11.1. The van der Waals surface area contributed by atoms with E-state index in [1.54, 1.807) is 24.3 Å². The van der Waals surface area contributed by atoms with Crippen molar-refractivity contribution in [2.24, 2.45) is 5.14 Å². The Hall–Kier alpha value is -2.56. The third kappa shape index (κ3) is 2.88. The van der Waals surface area contributed by atoms with E-state index in [-0.39, 0.29) is 10.6 Å². The lowest BCUT2D eigenvalue weighted by molar-refractivity contribution is 0.481. The molecule has 2 rings (SSSR count). The van der Waals surface area contributed by atoms with Crippen LogP contribution >= 0.6 is 0 Å². The van der Waals surface area contributed by atoms with Crippen LogP contribution in [-0.2, 0) is 10.0 Å². The third-order valence-corrected chi connectivity index (χ3v) is 3.51. The fourth-order valence-electron chi connectivity index (χ4n) is 1.62. The van der Waals surface area contributed by atoms with Gasteiger partial charge in [-0.05, 0) is 24.3 Å². The van der Waals surface area contributed by atoms with Gasteiger partial charge < -0.3 is 10.5 Å². The minimum absolute atomic E-state index is 0.0144. The zero-order chi connectivity index (χ0) is 14.8. The number of ether oxygens (including phenoxy) is 1. The molecule has 102 valence electrons. The summed E-state index contributed by atoms with van der Waals surface area (Å²) in [5.41, 5.74) is 5.98. The summed E-state index contributed by atoms with van der Waals surface area (Å²) in [7, 11) is -3.87. The first-order chi connectivity index (χ1) is 9.41. The first-order valence-electron chi connectivity index (χ1n) is 5.51. The second-order valence-corrected chi connectivity index (χ2v) is 5.48. The van der Waals surface area contributed by atoms with Gasteiger partial charge in [-0.1, -0.05) is 12.1 Å². The van der Waals surface area contributed by atoms with E-state index in [1.807, 2.05) is 6.07 Å². The van der Waals surface area contributed by atoms with E-state index in [4.69, 9.17) is 20.9 Å². The number of anilines is 1. The Balaban J connectivity index is 2.37. The van der Waals surface area contributed by atoms with Crippen LogP contribution in [0.4, 0.5) is 5.69 Å². The molecule has 0 unspecified atom stereocenters. The molecule has 2 aromatic rings. The van der Waals surface area contributed by atoms with Gasteiger partial charge in [0.1, 0.15) is 22.5 Å². The Labute approximate surface area is 116 Å².